The number of benzene rings is 1. The van der Waals surface area contributed by atoms with E-state index in [0.717, 1.165) is 4.90 Å². The smallest absolute Gasteiger partial charge is 0.314 e. The van der Waals surface area contributed by atoms with E-state index in [2.05, 4.69) is 12.6 Å². The topological polar surface area (TPSA) is 63.6 Å². The lowest BCUT2D eigenvalue weighted by molar-refractivity contribution is -0.145. The van der Waals surface area contributed by atoms with Gasteiger partial charge in [-0.15, -0.1) is 12.6 Å². The first-order valence-corrected chi connectivity index (χ1v) is 5.16. The highest BCUT2D eigenvalue weighted by Crippen LogP contribution is 2.16. The van der Waals surface area contributed by atoms with Crippen molar-refractivity contribution >= 4 is 24.6 Å². The molecule has 0 heterocycles. The van der Waals surface area contributed by atoms with Crippen molar-refractivity contribution in [2.24, 2.45) is 5.92 Å². The Hall–Kier alpha value is -1.49. The minimum Gasteiger partial charge on any atom is -0.481 e. The van der Waals surface area contributed by atoms with Crippen molar-refractivity contribution < 1.29 is 19.4 Å². The van der Waals surface area contributed by atoms with E-state index in [0.29, 0.717) is 5.75 Å². The first-order valence-electron chi connectivity index (χ1n) is 4.71. The fourth-order valence-corrected chi connectivity index (χ4v) is 1.23. The number of esters is 1. The van der Waals surface area contributed by atoms with E-state index in [4.69, 9.17) is 9.84 Å². The zero-order chi connectivity index (χ0) is 12.1. The molecule has 0 amide bonds. The van der Waals surface area contributed by atoms with Crippen molar-refractivity contribution in [3.05, 3.63) is 24.3 Å². The van der Waals surface area contributed by atoms with Crippen LogP contribution in [0.25, 0.3) is 0 Å². The predicted octanol–water partition coefficient (Wildman–Crippen LogP) is 1.99. The molecule has 0 radical (unpaired) electrons. The third-order valence-electron chi connectivity index (χ3n) is 1.94. The Morgan fingerprint density at radius 1 is 1.38 bits per heavy atom. The second kappa shape index (κ2) is 5.55. The normalized spacial score (nSPS) is 11.9. The van der Waals surface area contributed by atoms with Crippen LogP contribution in [0.3, 0.4) is 0 Å². The average Bonchev–Trinajstić information content (AvgIpc) is 2.20. The van der Waals surface area contributed by atoms with Crippen LogP contribution in [0.1, 0.15) is 13.3 Å². The van der Waals surface area contributed by atoms with Crippen LogP contribution in [-0.2, 0) is 9.59 Å². The molecule has 5 heteroatoms. The summed E-state index contributed by atoms with van der Waals surface area (Å²) >= 11 is 4.09. The molecule has 0 spiro atoms. The maximum Gasteiger partial charge on any atom is 0.314 e. The standard InChI is InChI=1S/C11H12O4S/c1-7(6-10(12)13)11(14)15-8-2-4-9(16)5-3-8/h2-5,7,16H,6H2,1H3,(H,12,13). The van der Waals surface area contributed by atoms with Gasteiger partial charge in [0.25, 0.3) is 0 Å². The van der Waals surface area contributed by atoms with E-state index in [1.54, 1.807) is 24.3 Å². The molecule has 0 aliphatic rings. The number of aliphatic carboxylic acids is 1. The number of carbonyl (C=O) groups is 2. The molecule has 0 saturated heterocycles. The zero-order valence-electron chi connectivity index (χ0n) is 8.71. The molecule has 1 aromatic carbocycles. The molecule has 0 aromatic heterocycles. The average molecular weight is 240 g/mol. The summed E-state index contributed by atoms with van der Waals surface area (Å²) in [6, 6.07) is 6.59. The Balaban J connectivity index is 2.57. The van der Waals surface area contributed by atoms with Crippen LogP contribution in [0.15, 0.2) is 29.2 Å². The van der Waals surface area contributed by atoms with Gasteiger partial charge < -0.3 is 9.84 Å². The largest absolute Gasteiger partial charge is 0.481 e. The number of carboxylic acid groups (broad SMARTS) is 1. The lowest BCUT2D eigenvalue weighted by Gasteiger charge is -2.08. The molecule has 0 bridgehead atoms. The molecule has 0 fully saturated rings. The Morgan fingerprint density at radius 2 is 1.94 bits per heavy atom. The number of thiol groups is 1. The van der Waals surface area contributed by atoms with Crippen molar-refractivity contribution in [2.45, 2.75) is 18.2 Å². The van der Waals surface area contributed by atoms with Gasteiger partial charge in [-0.25, -0.2) is 0 Å². The molecule has 1 unspecified atom stereocenters. The lowest BCUT2D eigenvalue weighted by Crippen LogP contribution is -2.20. The Morgan fingerprint density at radius 3 is 2.44 bits per heavy atom. The summed E-state index contributed by atoms with van der Waals surface area (Å²) in [5.74, 6) is -1.84. The van der Waals surface area contributed by atoms with Crippen molar-refractivity contribution in [3.63, 3.8) is 0 Å². The Bertz CT molecular complexity index is 385. The number of carboxylic acids is 1. The van der Waals surface area contributed by atoms with Crippen molar-refractivity contribution in [1.29, 1.82) is 0 Å². The fourth-order valence-electron chi connectivity index (χ4n) is 1.08. The van der Waals surface area contributed by atoms with Gasteiger partial charge in [0, 0.05) is 4.90 Å². The van der Waals surface area contributed by atoms with Crippen LogP contribution in [0.5, 0.6) is 5.75 Å². The summed E-state index contributed by atoms with van der Waals surface area (Å²) < 4.78 is 5.00. The van der Waals surface area contributed by atoms with Gasteiger partial charge in [0.15, 0.2) is 0 Å². The van der Waals surface area contributed by atoms with Crippen molar-refractivity contribution in [2.75, 3.05) is 0 Å². The first kappa shape index (κ1) is 12.6. The monoisotopic (exact) mass is 240 g/mol. The summed E-state index contributed by atoms with van der Waals surface area (Å²) in [7, 11) is 0. The second-order valence-electron chi connectivity index (χ2n) is 3.41. The molecule has 1 rings (SSSR count). The molecular weight excluding hydrogens is 228 g/mol. The molecule has 86 valence electrons. The molecule has 0 saturated carbocycles. The van der Waals surface area contributed by atoms with E-state index >= 15 is 0 Å². The van der Waals surface area contributed by atoms with E-state index in [1.807, 2.05) is 0 Å². The lowest BCUT2D eigenvalue weighted by atomic mass is 10.1. The quantitative estimate of drug-likeness (QED) is 0.480. The fraction of sp³-hybridized carbons (Fsp3) is 0.273. The number of hydrogen-bond acceptors (Lipinski definition) is 4. The highest BCUT2D eigenvalue weighted by molar-refractivity contribution is 7.80. The first-order chi connectivity index (χ1) is 7.49. The van der Waals surface area contributed by atoms with Gasteiger partial charge in [0.2, 0.25) is 0 Å². The molecule has 0 aliphatic carbocycles. The molecule has 1 N–H and O–H groups in total. The maximum absolute atomic E-state index is 11.4. The third-order valence-corrected chi connectivity index (χ3v) is 2.24. The molecule has 16 heavy (non-hydrogen) atoms. The number of ether oxygens (including phenoxy) is 1. The molecular formula is C11H12O4S. The van der Waals surface area contributed by atoms with E-state index in [1.165, 1.54) is 6.92 Å². The summed E-state index contributed by atoms with van der Waals surface area (Å²) in [5.41, 5.74) is 0. The number of rotatable bonds is 4. The molecule has 4 nitrogen and oxygen atoms in total. The van der Waals surface area contributed by atoms with E-state index < -0.39 is 17.9 Å². The van der Waals surface area contributed by atoms with Gasteiger partial charge in [-0.3, -0.25) is 9.59 Å². The summed E-state index contributed by atoms with van der Waals surface area (Å²) in [6.07, 6.45) is -0.233. The van der Waals surface area contributed by atoms with Crippen LogP contribution in [-0.4, -0.2) is 17.0 Å². The van der Waals surface area contributed by atoms with Gasteiger partial charge in [0.05, 0.1) is 12.3 Å². The van der Waals surface area contributed by atoms with Crippen LogP contribution < -0.4 is 4.74 Å². The molecule has 0 aliphatic heterocycles. The van der Waals surface area contributed by atoms with Gasteiger partial charge in [-0.1, -0.05) is 6.92 Å². The zero-order valence-corrected chi connectivity index (χ0v) is 9.61. The van der Waals surface area contributed by atoms with Crippen molar-refractivity contribution in [1.82, 2.24) is 0 Å². The van der Waals surface area contributed by atoms with Crippen LogP contribution in [0.2, 0.25) is 0 Å². The Labute approximate surface area is 98.6 Å². The third kappa shape index (κ3) is 3.94. The minimum atomic E-state index is -1.02. The van der Waals surface area contributed by atoms with Crippen LogP contribution in [0, 0.1) is 5.92 Å². The maximum atomic E-state index is 11.4. The minimum absolute atomic E-state index is 0.233. The van der Waals surface area contributed by atoms with Gasteiger partial charge in [-0.2, -0.15) is 0 Å². The van der Waals surface area contributed by atoms with Gasteiger partial charge >= 0.3 is 11.9 Å². The summed E-state index contributed by atoms with van der Waals surface area (Å²) in [4.78, 5) is 22.6. The van der Waals surface area contributed by atoms with Gasteiger partial charge in [0.1, 0.15) is 5.75 Å². The molecule has 1 aromatic rings. The summed E-state index contributed by atoms with van der Waals surface area (Å²) in [5, 5.41) is 8.52. The number of carbonyl (C=O) groups excluding carboxylic acids is 1. The number of hydrogen-bond donors (Lipinski definition) is 2. The predicted molar refractivity (Wildman–Crippen MR) is 60.7 cm³/mol. The van der Waals surface area contributed by atoms with E-state index in [9.17, 15) is 9.59 Å². The SMILES string of the molecule is CC(CC(=O)O)C(=O)Oc1ccc(S)cc1. The Kier molecular flexibility index (Phi) is 4.37. The summed E-state index contributed by atoms with van der Waals surface area (Å²) in [6.45, 7) is 1.52. The molecule has 1 atom stereocenters. The highest BCUT2D eigenvalue weighted by Gasteiger charge is 2.18. The van der Waals surface area contributed by atoms with E-state index in [-0.39, 0.29) is 6.42 Å². The highest BCUT2D eigenvalue weighted by atomic mass is 32.1. The van der Waals surface area contributed by atoms with Crippen molar-refractivity contribution in [3.8, 4) is 5.75 Å². The second-order valence-corrected chi connectivity index (χ2v) is 3.93. The van der Waals surface area contributed by atoms with Gasteiger partial charge in [-0.05, 0) is 24.3 Å². The van der Waals surface area contributed by atoms with Crippen LogP contribution >= 0.6 is 12.6 Å². The van der Waals surface area contributed by atoms with Crippen LogP contribution in [0.4, 0.5) is 0 Å².